The zero-order valence-corrected chi connectivity index (χ0v) is 16.6. The van der Waals surface area contributed by atoms with Gasteiger partial charge in [-0.15, -0.1) is 66.5 Å². The number of halogens is 6. The lowest BCUT2D eigenvalue weighted by Crippen LogP contribution is -2.07. The van der Waals surface area contributed by atoms with Crippen molar-refractivity contribution in [3.05, 3.63) is 11.8 Å². The van der Waals surface area contributed by atoms with Crippen LogP contribution in [-0.2, 0) is 0 Å². The summed E-state index contributed by atoms with van der Waals surface area (Å²) in [4.78, 5) is 0. The molecule has 0 saturated carbocycles. The van der Waals surface area contributed by atoms with Crippen LogP contribution in [0.4, 0.5) is 0 Å². The number of hydrogen-bond acceptors (Lipinski definition) is 0. The fourth-order valence-corrected chi connectivity index (χ4v) is 4.60. The molecule has 8 heteroatoms. The van der Waals surface area contributed by atoms with Crippen molar-refractivity contribution in [3.63, 3.8) is 0 Å². The van der Waals surface area contributed by atoms with E-state index in [1.165, 1.54) is 19.3 Å². The first-order valence-electron chi connectivity index (χ1n) is 6.02. The van der Waals surface area contributed by atoms with Crippen molar-refractivity contribution in [1.29, 1.82) is 0 Å². The molecule has 0 aromatic heterocycles. The minimum Gasteiger partial charge on any atom is -0.126 e. The molecule has 0 rings (SSSR count). The molecule has 0 aromatic carbocycles. The van der Waals surface area contributed by atoms with Crippen LogP contribution >= 0.6 is 66.5 Å². The van der Waals surface area contributed by atoms with E-state index < -0.39 is 12.0 Å². The Hall–Kier alpha value is 1.91. The van der Waals surface area contributed by atoms with Gasteiger partial charge in [-0.1, -0.05) is 43.9 Å². The van der Waals surface area contributed by atoms with Crippen LogP contribution in [0.2, 0.25) is 6.04 Å². The standard InChI is InChI=1S/C10H18Cl6Si2/c11-17(12,13)9-7-5-3-1-2-4-6-8-10-18(14,15)16/h7,9H,1-6,8,10H2. The highest BCUT2D eigenvalue weighted by atomic mass is 35.8. The summed E-state index contributed by atoms with van der Waals surface area (Å²) in [5.41, 5.74) is 1.74. The second-order valence-corrected chi connectivity index (χ2v) is 22.0. The van der Waals surface area contributed by atoms with Crippen molar-refractivity contribution in [1.82, 2.24) is 0 Å². The maximum atomic E-state index is 5.80. The molecule has 0 fully saturated rings. The first kappa shape index (κ1) is 19.9. The van der Waals surface area contributed by atoms with E-state index in [4.69, 9.17) is 66.5 Å². The Morgan fingerprint density at radius 3 is 1.67 bits per heavy atom. The van der Waals surface area contributed by atoms with E-state index in [0.29, 0.717) is 0 Å². The summed E-state index contributed by atoms with van der Waals surface area (Å²) in [6, 6.07) is -4.17. The maximum Gasteiger partial charge on any atom is 0.365 e. The Balaban J connectivity index is 3.25. The maximum absolute atomic E-state index is 5.80. The summed E-state index contributed by atoms with van der Waals surface area (Å²) in [5, 5.41) is 0. The van der Waals surface area contributed by atoms with Crippen LogP contribution in [0.1, 0.15) is 44.9 Å². The lowest BCUT2D eigenvalue weighted by Gasteiger charge is -2.06. The van der Waals surface area contributed by atoms with Gasteiger partial charge in [-0.05, 0) is 18.9 Å². The smallest absolute Gasteiger partial charge is 0.126 e. The van der Waals surface area contributed by atoms with Crippen molar-refractivity contribution >= 4 is 78.5 Å². The lowest BCUT2D eigenvalue weighted by molar-refractivity contribution is 0.611. The summed E-state index contributed by atoms with van der Waals surface area (Å²) in [7, 11) is 0. The van der Waals surface area contributed by atoms with Gasteiger partial charge >= 0.3 is 12.0 Å². The Morgan fingerprint density at radius 2 is 1.17 bits per heavy atom. The number of hydrogen-bond donors (Lipinski definition) is 0. The van der Waals surface area contributed by atoms with Crippen LogP contribution in [0, 0.1) is 0 Å². The Labute approximate surface area is 140 Å². The molecule has 0 N–H and O–H groups in total. The Kier molecular flexibility index (Phi) is 11.7. The highest BCUT2D eigenvalue weighted by molar-refractivity contribution is 7.66. The monoisotopic (exact) mass is 404 g/mol. The van der Waals surface area contributed by atoms with Gasteiger partial charge in [-0.3, -0.25) is 0 Å². The predicted octanol–water partition coefficient (Wildman–Crippen LogP) is 7.12. The van der Waals surface area contributed by atoms with Gasteiger partial charge in [0.15, 0.2) is 0 Å². The fraction of sp³-hybridized carbons (Fsp3) is 0.800. The first-order chi connectivity index (χ1) is 8.21. The quantitative estimate of drug-likeness (QED) is 0.206. The third-order valence-corrected chi connectivity index (χ3v) is 6.76. The molecule has 0 saturated heterocycles. The summed E-state index contributed by atoms with van der Waals surface area (Å²) < 4.78 is 0. The second kappa shape index (κ2) is 10.6. The molecule has 0 amide bonds. The summed E-state index contributed by atoms with van der Waals surface area (Å²) >= 11 is 34.6. The summed E-state index contributed by atoms with van der Waals surface area (Å²) in [6.45, 7) is 0. The molecule has 0 bridgehead atoms. The largest absolute Gasteiger partial charge is 0.365 e. The highest BCUT2D eigenvalue weighted by Crippen LogP contribution is 2.27. The highest BCUT2D eigenvalue weighted by Gasteiger charge is 2.23. The second-order valence-electron chi connectivity index (χ2n) is 4.22. The molecular weight excluding hydrogens is 389 g/mol. The molecule has 18 heavy (non-hydrogen) atoms. The number of unbranched alkanes of at least 4 members (excludes halogenated alkanes) is 6. The molecule has 0 nitrogen and oxygen atoms in total. The predicted molar refractivity (Wildman–Crippen MR) is 92.9 cm³/mol. The van der Waals surface area contributed by atoms with Gasteiger partial charge in [0.25, 0.3) is 0 Å². The molecule has 0 aliphatic carbocycles. The van der Waals surface area contributed by atoms with Crippen LogP contribution in [0.3, 0.4) is 0 Å². The number of allylic oxidation sites excluding steroid dienone is 1. The van der Waals surface area contributed by atoms with Gasteiger partial charge in [0.05, 0.1) is 0 Å². The van der Waals surface area contributed by atoms with E-state index in [1.807, 2.05) is 6.08 Å². The minimum atomic E-state index is -2.56. The zero-order chi connectivity index (χ0) is 14.1. The van der Waals surface area contributed by atoms with Crippen LogP contribution in [0.5, 0.6) is 0 Å². The molecule has 0 aliphatic heterocycles. The average molecular weight is 407 g/mol. The molecule has 108 valence electrons. The van der Waals surface area contributed by atoms with Gasteiger partial charge in [-0.2, -0.15) is 0 Å². The van der Waals surface area contributed by atoms with E-state index in [0.717, 1.165) is 31.7 Å². The average Bonchev–Trinajstić information content (AvgIpc) is 2.17. The third kappa shape index (κ3) is 17.9. The summed E-state index contributed by atoms with van der Waals surface area (Å²) in [6.07, 6.45) is 9.93. The van der Waals surface area contributed by atoms with Gasteiger partial charge in [0.2, 0.25) is 0 Å². The van der Waals surface area contributed by atoms with E-state index in [9.17, 15) is 0 Å². The van der Waals surface area contributed by atoms with Crippen LogP contribution in [0.15, 0.2) is 11.8 Å². The topological polar surface area (TPSA) is 0 Å². The number of rotatable bonds is 10. The lowest BCUT2D eigenvalue weighted by atomic mass is 10.1. The first-order valence-corrected chi connectivity index (χ1v) is 16.4. The van der Waals surface area contributed by atoms with E-state index >= 15 is 0 Å². The molecule has 0 aromatic rings. The van der Waals surface area contributed by atoms with Crippen molar-refractivity contribution in [2.75, 3.05) is 0 Å². The van der Waals surface area contributed by atoms with Gasteiger partial charge in [0, 0.05) is 0 Å². The molecular formula is C10H18Cl6Si2. The van der Waals surface area contributed by atoms with Gasteiger partial charge < -0.3 is 0 Å². The summed E-state index contributed by atoms with van der Waals surface area (Å²) in [5.74, 6) is 0. The van der Waals surface area contributed by atoms with Crippen LogP contribution < -0.4 is 0 Å². The van der Waals surface area contributed by atoms with Crippen molar-refractivity contribution < 1.29 is 0 Å². The van der Waals surface area contributed by atoms with Crippen LogP contribution in [-0.4, -0.2) is 12.0 Å². The fourth-order valence-electron chi connectivity index (χ4n) is 1.51. The zero-order valence-electron chi connectivity index (χ0n) is 10.1. The third-order valence-electron chi connectivity index (χ3n) is 2.39. The molecule has 0 radical (unpaired) electrons. The van der Waals surface area contributed by atoms with E-state index in [1.54, 1.807) is 5.70 Å². The van der Waals surface area contributed by atoms with E-state index in [-0.39, 0.29) is 0 Å². The Bertz CT molecular complexity index is 234. The molecule has 0 heterocycles. The SMILES string of the molecule is Cl[Si](Cl)(Cl)C=CCCCCCCCC[Si](Cl)(Cl)Cl. The van der Waals surface area contributed by atoms with Crippen molar-refractivity contribution in [2.45, 2.75) is 51.0 Å². The van der Waals surface area contributed by atoms with Gasteiger partial charge in [-0.25, -0.2) is 0 Å². The van der Waals surface area contributed by atoms with Crippen molar-refractivity contribution in [3.8, 4) is 0 Å². The van der Waals surface area contributed by atoms with Gasteiger partial charge in [0.1, 0.15) is 0 Å². The molecule has 0 aliphatic rings. The molecule has 0 unspecified atom stereocenters. The van der Waals surface area contributed by atoms with Crippen LogP contribution in [0.25, 0.3) is 0 Å². The van der Waals surface area contributed by atoms with Crippen molar-refractivity contribution in [2.24, 2.45) is 0 Å². The minimum absolute atomic E-state index is 0.772. The molecule has 0 atom stereocenters. The molecule has 0 spiro atoms. The normalized spacial score (nSPS) is 13.4. The Morgan fingerprint density at radius 1 is 0.667 bits per heavy atom. The van der Waals surface area contributed by atoms with E-state index in [2.05, 4.69) is 0 Å².